The summed E-state index contributed by atoms with van der Waals surface area (Å²) in [6.07, 6.45) is 7.88. The third kappa shape index (κ3) is 5.46. The van der Waals surface area contributed by atoms with Crippen molar-refractivity contribution in [2.24, 2.45) is 18.9 Å². The van der Waals surface area contributed by atoms with Crippen molar-refractivity contribution in [2.45, 2.75) is 44.6 Å². The number of anilines is 1. The summed E-state index contributed by atoms with van der Waals surface area (Å²) in [6, 6.07) is 12.4. The number of nitrogens with zero attached hydrogens (tertiary/aromatic N) is 4. The van der Waals surface area contributed by atoms with Crippen LogP contribution in [0, 0.1) is 11.8 Å². The molecular weight excluding hydrogens is 512 g/mol. The van der Waals surface area contributed by atoms with Gasteiger partial charge in [0.05, 0.1) is 12.1 Å². The molecule has 1 unspecified atom stereocenters. The molecule has 2 aliphatic rings. The van der Waals surface area contributed by atoms with Crippen molar-refractivity contribution in [3.05, 3.63) is 54.2 Å². The molecule has 0 radical (unpaired) electrons. The number of aromatic nitrogens is 3. The number of hydrogen-bond acceptors (Lipinski definition) is 6. The molecule has 1 saturated carbocycles. The Bertz CT molecular complexity index is 1500. The molecule has 0 spiro atoms. The third-order valence-corrected chi connectivity index (χ3v) is 8.64. The van der Waals surface area contributed by atoms with Crippen LogP contribution in [0.1, 0.15) is 38.5 Å². The standard InChI is InChI=1S/C30H32N4O4S/c1-33-11-8-20-15-22(17-31-28(20)33)24-4-2-3-5-25(24)26-18-39-30(32-26)34(23-6-7-23)29(37)21(16-27(35)36)14-19-9-12-38-13-10-19/h2-5,8,11,15,17-19,21,23H,6-7,9-10,12-14,16H2,1H3,(H,35,36). The number of fused-ring (bicyclic) bond motifs is 1. The van der Waals surface area contributed by atoms with Crippen LogP contribution in [-0.4, -0.2) is 50.8 Å². The van der Waals surface area contributed by atoms with Crippen molar-refractivity contribution in [2.75, 3.05) is 18.1 Å². The number of benzene rings is 1. The molecule has 4 heterocycles. The lowest BCUT2D eigenvalue weighted by Crippen LogP contribution is -2.40. The van der Waals surface area contributed by atoms with E-state index in [2.05, 4.69) is 23.2 Å². The van der Waals surface area contributed by atoms with Gasteiger partial charge in [0.1, 0.15) is 5.65 Å². The average Bonchev–Trinajstić information content (AvgIpc) is 3.54. The molecule has 8 nitrogen and oxygen atoms in total. The predicted molar refractivity (Wildman–Crippen MR) is 152 cm³/mol. The lowest BCUT2D eigenvalue weighted by Gasteiger charge is -2.29. The zero-order valence-electron chi connectivity index (χ0n) is 22.0. The van der Waals surface area contributed by atoms with Gasteiger partial charge >= 0.3 is 5.97 Å². The fourth-order valence-electron chi connectivity index (χ4n) is 5.59. The first-order valence-electron chi connectivity index (χ1n) is 13.6. The lowest BCUT2D eigenvalue weighted by molar-refractivity contribution is -0.141. The summed E-state index contributed by atoms with van der Waals surface area (Å²) < 4.78 is 7.47. The number of aliphatic carboxylic acids is 1. The highest BCUT2D eigenvalue weighted by molar-refractivity contribution is 7.14. The Labute approximate surface area is 231 Å². The maximum atomic E-state index is 13.9. The van der Waals surface area contributed by atoms with Crippen LogP contribution in [0.5, 0.6) is 0 Å². The quantitative estimate of drug-likeness (QED) is 0.287. The second-order valence-electron chi connectivity index (χ2n) is 10.7. The number of amides is 1. The van der Waals surface area contributed by atoms with Crippen LogP contribution in [0.3, 0.4) is 0 Å². The zero-order chi connectivity index (χ0) is 26.9. The third-order valence-electron chi connectivity index (χ3n) is 7.80. The number of carbonyl (C=O) groups is 2. The van der Waals surface area contributed by atoms with E-state index in [0.29, 0.717) is 30.7 Å². The van der Waals surface area contributed by atoms with Gasteiger partial charge in [-0.3, -0.25) is 14.5 Å². The van der Waals surface area contributed by atoms with Crippen molar-refractivity contribution in [1.82, 2.24) is 14.5 Å². The number of carboxylic acids is 1. The second kappa shape index (κ2) is 10.9. The Morgan fingerprint density at radius 1 is 1.15 bits per heavy atom. The molecule has 39 heavy (non-hydrogen) atoms. The van der Waals surface area contributed by atoms with Gasteiger partial charge in [0, 0.05) is 66.5 Å². The number of ether oxygens (including phenoxy) is 1. The van der Waals surface area contributed by atoms with Crippen LogP contribution in [0.25, 0.3) is 33.4 Å². The van der Waals surface area contributed by atoms with Crippen molar-refractivity contribution >= 4 is 39.4 Å². The molecule has 9 heteroatoms. The number of thiazole rings is 1. The number of hydrogen-bond donors (Lipinski definition) is 1. The van der Waals surface area contributed by atoms with E-state index in [4.69, 9.17) is 9.72 Å². The SMILES string of the molecule is Cn1ccc2cc(-c3ccccc3-c3csc(N(C(=O)C(CC(=O)O)CC4CCOCC4)C4CC4)n3)cnc21. The van der Waals surface area contributed by atoms with E-state index in [9.17, 15) is 14.7 Å². The Kier molecular flexibility index (Phi) is 7.18. The minimum Gasteiger partial charge on any atom is -0.481 e. The fraction of sp³-hybridized carbons (Fsp3) is 0.400. The van der Waals surface area contributed by atoms with Gasteiger partial charge in [-0.2, -0.15) is 0 Å². The number of aryl methyl sites for hydroxylation is 1. The van der Waals surface area contributed by atoms with Crippen LogP contribution >= 0.6 is 11.3 Å². The molecule has 4 aromatic rings. The average molecular weight is 545 g/mol. The summed E-state index contributed by atoms with van der Waals surface area (Å²) in [4.78, 5) is 37.0. The number of rotatable bonds is 9. The molecule has 6 rings (SSSR count). The molecule has 1 aliphatic heterocycles. The molecule has 1 atom stereocenters. The van der Waals surface area contributed by atoms with E-state index >= 15 is 0 Å². The van der Waals surface area contributed by atoms with Gasteiger partial charge in [0.2, 0.25) is 5.91 Å². The van der Waals surface area contributed by atoms with E-state index in [1.54, 1.807) is 4.90 Å². The Hall–Kier alpha value is -3.56. The normalized spacial score (nSPS) is 16.8. The van der Waals surface area contributed by atoms with Gasteiger partial charge in [-0.05, 0) is 55.7 Å². The minimum atomic E-state index is -0.936. The maximum Gasteiger partial charge on any atom is 0.304 e. The number of carbonyl (C=O) groups excluding carboxylic acids is 1. The van der Waals surface area contributed by atoms with E-state index in [0.717, 1.165) is 59.1 Å². The van der Waals surface area contributed by atoms with Gasteiger partial charge in [0.15, 0.2) is 5.13 Å². The summed E-state index contributed by atoms with van der Waals surface area (Å²) >= 11 is 1.45. The number of pyridine rings is 1. The largest absolute Gasteiger partial charge is 0.481 e. The monoisotopic (exact) mass is 544 g/mol. The minimum absolute atomic E-state index is 0.0856. The van der Waals surface area contributed by atoms with Crippen molar-refractivity contribution < 1.29 is 19.4 Å². The molecule has 0 bridgehead atoms. The van der Waals surface area contributed by atoms with E-state index in [-0.39, 0.29) is 18.4 Å². The summed E-state index contributed by atoms with van der Waals surface area (Å²) in [5, 5.41) is 13.3. The molecule has 1 aromatic carbocycles. The Balaban J connectivity index is 1.30. The second-order valence-corrected chi connectivity index (χ2v) is 11.5. The highest BCUT2D eigenvalue weighted by Gasteiger charge is 2.40. The van der Waals surface area contributed by atoms with E-state index < -0.39 is 11.9 Å². The van der Waals surface area contributed by atoms with Gasteiger partial charge in [0.25, 0.3) is 0 Å². The van der Waals surface area contributed by atoms with Crippen molar-refractivity contribution in [3.63, 3.8) is 0 Å². The van der Waals surface area contributed by atoms with Crippen LogP contribution < -0.4 is 4.90 Å². The zero-order valence-corrected chi connectivity index (χ0v) is 22.8. The first-order chi connectivity index (χ1) is 19.0. The van der Waals surface area contributed by atoms with Gasteiger partial charge in [-0.25, -0.2) is 9.97 Å². The summed E-state index contributed by atoms with van der Waals surface area (Å²) in [7, 11) is 1.98. The van der Waals surface area contributed by atoms with Gasteiger partial charge in [-0.1, -0.05) is 24.3 Å². The summed E-state index contributed by atoms with van der Waals surface area (Å²) in [5.74, 6) is -1.30. The smallest absolute Gasteiger partial charge is 0.304 e. The molecule has 202 valence electrons. The van der Waals surface area contributed by atoms with E-state index in [1.807, 2.05) is 47.6 Å². The Morgan fingerprint density at radius 2 is 1.92 bits per heavy atom. The molecule has 3 aromatic heterocycles. The molecule has 1 aliphatic carbocycles. The first kappa shape index (κ1) is 25.7. The van der Waals surface area contributed by atoms with E-state index in [1.165, 1.54) is 11.3 Å². The first-order valence-corrected chi connectivity index (χ1v) is 14.4. The van der Waals surface area contributed by atoms with Gasteiger partial charge in [-0.15, -0.1) is 11.3 Å². The molecule has 1 saturated heterocycles. The molecule has 1 amide bonds. The van der Waals surface area contributed by atoms with Crippen LogP contribution in [0.2, 0.25) is 0 Å². The van der Waals surface area contributed by atoms with Crippen molar-refractivity contribution in [1.29, 1.82) is 0 Å². The molecule has 2 fully saturated rings. The molecular formula is C30H32N4O4S. The van der Waals surface area contributed by atoms with Gasteiger partial charge < -0.3 is 14.4 Å². The Morgan fingerprint density at radius 3 is 2.67 bits per heavy atom. The topological polar surface area (TPSA) is 97.6 Å². The van der Waals surface area contributed by atoms with Crippen LogP contribution in [-0.2, 0) is 21.4 Å². The van der Waals surface area contributed by atoms with Crippen LogP contribution in [0.15, 0.2) is 54.2 Å². The summed E-state index contributed by atoms with van der Waals surface area (Å²) in [6.45, 7) is 1.35. The fourth-order valence-corrected chi connectivity index (χ4v) is 6.49. The van der Waals surface area contributed by atoms with Crippen molar-refractivity contribution in [3.8, 4) is 22.4 Å². The lowest BCUT2D eigenvalue weighted by atomic mass is 9.86. The highest BCUT2D eigenvalue weighted by Crippen LogP contribution is 2.40. The van der Waals surface area contributed by atoms with Crippen LogP contribution in [0.4, 0.5) is 5.13 Å². The molecule has 1 N–H and O–H groups in total. The predicted octanol–water partition coefficient (Wildman–Crippen LogP) is 5.77. The maximum absolute atomic E-state index is 13.9. The highest BCUT2D eigenvalue weighted by atomic mass is 32.1. The summed E-state index contributed by atoms with van der Waals surface area (Å²) in [5.41, 5.74) is 4.75. The number of carboxylic acid groups (broad SMARTS) is 1.